The summed E-state index contributed by atoms with van der Waals surface area (Å²) in [5, 5.41) is 0.243. The lowest BCUT2D eigenvalue weighted by Crippen LogP contribution is -2.14. The van der Waals surface area contributed by atoms with Crippen molar-refractivity contribution in [3.8, 4) is 0 Å². The highest BCUT2D eigenvalue weighted by Crippen LogP contribution is 2.44. The van der Waals surface area contributed by atoms with Gasteiger partial charge in [-0.05, 0) is 53.9 Å². The van der Waals surface area contributed by atoms with Gasteiger partial charge in [-0.2, -0.15) is 0 Å². The van der Waals surface area contributed by atoms with Crippen LogP contribution in [0.5, 0.6) is 0 Å². The largest absolute Gasteiger partial charge is 0.118 e. The molecule has 0 heterocycles. The average Bonchev–Trinajstić information content (AvgIpc) is 2.32. The summed E-state index contributed by atoms with van der Waals surface area (Å²) in [5.74, 6) is 0.687. The molecule has 0 aromatic heterocycles. The van der Waals surface area contributed by atoms with Crippen LogP contribution in [0, 0.1) is 0 Å². The van der Waals surface area contributed by atoms with E-state index in [1.54, 1.807) is 5.56 Å². The molecular weight excluding hydrogens is 216 g/mol. The number of fused-ring (bicyclic) bond motifs is 1. The molecule has 0 aliphatic heterocycles. The molecule has 2 atom stereocenters. The minimum atomic E-state index is 0.243. The summed E-state index contributed by atoms with van der Waals surface area (Å²) in [5.41, 5.74) is 5.99. The summed E-state index contributed by atoms with van der Waals surface area (Å²) in [6.07, 6.45) is 4.60. The fourth-order valence-electron chi connectivity index (χ4n) is 2.98. The molecule has 2 rings (SSSR count). The summed E-state index contributed by atoms with van der Waals surface area (Å²) in [6, 6.07) is 4.59. The molecular formula is C15H21Cl. The van der Waals surface area contributed by atoms with Crippen LogP contribution in [0.4, 0.5) is 0 Å². The summed E-state index contributed by atoms with van der Waals surface area (Å²) in [7, 11) is 0. The Kier molecular flexibility index (Phi) is 3.59. The molecule has 0 fully saturated rings. The van der Waals surface area contributed by atoms with E-state index in [4.69, 9.17) is 11.6 Å². The molecule has 1 aromatic carbocycles. The third-order valence-corrected chi connectivity index (χ3v) is 4.33. The molecule has 1 heteroatoms. The van der Waals surface area contributed by atoms with Gasteiger partial charge < -0.3 is 0 Å². The second-order valence-electron chi connectivity index (χ2n) is 4.86. The summed E-state index contributed by atoms with van der Waals surface area (Å²) >= 11 is 6.53. The lowest BCUT2D eigenvalue weighted by atomic mass is 9.78. The van der Waals surface area contributed by atoms with Crippen LogP contribution in [-0.2, 0) is 12.8 Å². The number of benzene rings is 1. The summed E-state index contributed by atoms with van der Waals surface area (Å²) in [6.45, 7) is 6.82. The molecule has 0 amide bonds. The molecule has 1 aliphatic carbocycles. The molecule has 1 aliphatic rings. The molecule has 2 unspecified atom stereocenters. The maximum atomic E-state index is 6.53. The van der Waals surface area contributed by atoms with Crippen LogP contribution in [0.3, 0.4) is 0 Å². The van der Waals surface area contributed by atoms with Gasteiger partial charge in [0.15, 0.2) is 0 Å². The Morgan fingerprint density at radius 3 is 2.19 bits per heavy atom. The zero-order chi connectivity index (χ0) is 11.7. The number of aryl methyl sites for hydroxylation is 2. The first-order valence-electron chi connectivity index (χ1n) is 6.47. The van der Waals surface area contributed by atoms with E-state index in [-0.39, 0.29) is 5.38 Å². The summed E-state index contributed by atoms with van der Waals surface area (Å²) in [4.78, 5) is 0. The van der Waals surface area contributed by atoms with E-state index in [1.807, 2.05) is 0 Å². The number of hydrogen-bond acceptors (Lipinski definition) is 0. The molecule has 0 nitrogen and oxygen atoms in total. The first-order valence-corrected chi connectivity index (χ1v) is 6.91. The molecule has 0 spiro atoms. The van der Waals surface area contributed by atoms with Crippen molar-refractivity contribution in [3.05, 3.63) is 34.4 Å². The Bertz CT molecular complexity index is 344. The maximum Gasteiger partial charge on any atom is 0.0591 e. The van der Waals surface area contributed by atoms with Crippen molar-refractivity contribution in [2.24, 2.45) is 0 Å². The number of hydrogen-bond donors (Lipinski definition) is 0. The van der Waals surface area contributed by atoms with Crippen molar-refractivity contribution in [1.82, 2.24) is 0 Å². The molecule has 1 aromatic rings. The van der Waals surface area contributed by atoms with Crippen molar-refractivity contribution in [2.45, 2.75) is 57.7 Å². The van der Waals surface area contributed by atoms with Crippen LogP contribution in [-0.4, -0.2) is 0 Å². The van der Waals surface area contributed by atoms with Gasteiger partial charge in [0.2, 0.25) is 0 Å². The van der Waals surface area contributed by atoms with Gasteiger partial charge in [-0.3, -0.25) is 0 Å². The highest BCUT2D eigenvalue weighted by Gasteiger charge is 2.27. The summed E-state index contributed by atoms with van der Waals surface area (Å²) < 4.78 is 0. The van der Waals surface area contributed by atoms with E-state index in [9.17, 15) is 0 Å². The van der Waals surface area contributed by atoms with E-state index in [2.05, 4.69) is 32.9 Å². The van der Waals surface area contributed by atoms with E-state index < -0.39 is 0 Å². The second-order valence-corrected chi connectivity index (χ2v) is 5.39. The molecule has 0 saturated heterocycles. The third-order valence-electron chi connectivity index (χ3n) is 3.89. The predicted molar refractivity (Wildman–Crippen MR) is 71.4 cm³/mol. The van der Waals surface area contributed by atoms with Gasteiger partial charge in [-0.15, -0.1) is 11.6 Å². The lowest BCUT2D eigenvalue weighted by Gasteiger charge is -2.30. The molecule has 0 bridgehead atoms. The van der Waals surface area contributed by atoms with Gasteiger partial charge in [0.25, 0.3) is 0 Å². The fourth-order valence-corrected chi connectivity index (χ4v) is 3.36. The Morgan fingerprint density at radius 1 is 1.06 bits per heavy atom. The first-order chi connectivity index (χ1) is 7.69. The highest BCUT2D eigenvalue weighted by molar-refractivity contribution is 6.21. The average molecular weight is 237 g/mol. The van der Waals surface area contributed by atoms with Crippen LogP contribution in [0.25, 0.3) is 0 Å². The van der Waals surface area contributed by atoms with E-state index in [0.29, 0.717) is 5.92 Å². The Morgan fingerprint density at radius 2 is 1.62 bits per heavy atom. The normalized spacial score (nSPS) is 24.2. The van der Waals surface area contributed by atoms with E-state index in [1.165, 1.54) is 23.1 Å². The standard InChI is InChI=1S/C15H21Cl/c1-4-11-7-8-12(5-2)15-13(16)9-6-10(3)14(11)15/h7-8,10,13H,4-6,9H2,1-3H3. The van der Waals surface area contributed by atoms with E-state index >= 15 is 0 Å². The Labute approximate surface area is 104 Å². The molecule has 16 heavy (non-hydrogen) atoms. The fraction of sp³-hybridized carbons (Fsp3) is 0.600. The van der Waals surface area contributed by atoms with Gasteiger partial charge in [0, 0.05) is 0 Å². The zero-order valence-electron chi connectivity index (χ0n) is 10.5. The van der Waals surface area contributed by atoms with Crippen molar-refractivity contribution in [1.29, 1.82) is 0 Å². The minimum Gasteiger partial charge on any atom is -0.118 e. The second kappa shape index (κ2) is 4.79. The molecule has 0 saturated carbocycles. The van der Waals surface area contributed by atoms with Gasteiger partial charge in [-0.25, -0.2) is 0 Å². The Balaban J connectivity index is 2.63. The monoisotopic (exact) mass is 236 g/mol. The van der Waals surface area contributed by atoms with Crippen molar-refractivity contribution in [3.63, 3.8) is 0 Å². The highest BCUT2D eigenvalue weighted by atomic mass is 35.5. The Hall–Kier alpha value is -0.490. The smallest absolute Gasteiger partial charge is 0.0591 e. The van der Waals surface area contributed by atoms with Crippen molar-refractivity contribution < 1.29 is 0 Å². The predicted octanol–water partition coefficient (Wildman–Crippen LogP) is 4.99. The van der Waals surface area contributed by atoms with Crippen molar-refractivity contribution in [2.75, 3.05) is 0 Å². The van der Waals surface area contributed by atoms with Crippen LogP contribution in [0.1, 0.15) is 67.2 Å². The third kappa shape index (κ3) is 1.88. The van der Waals surface area contributed by atoms with Crippen LogP contribution >= 0.6 is 11.6 Å². The van der Waals surface area contributed by atoms with Gasteiger partial charge in [-0.1, -0.05) is 32.9 Å². The molecule has 0 radical (unpaired) electrons. The lowest BCUT2D eigenvalue weighted by molar-refractivity contribution is 0.570. The van der Waals surface area contributed by atoms with E-state index in [0.717, 1.165) is 19.3 Å². The van der Waals surface area contributed by atoms with Gasteiger partial charge >= 0.3 is 0 Å². The zero-order valence-corrected chi connectivity index (χ0v) is 11.3. The minimum absolute atomic E-state index is 0.243. The molecule has 88 valence electrons. The van der Waals surface area contributed by atoms with Crippen LogP contribution in [0.2, 0.25) is 0 Å². The van der Waals surface area contributed by atoms with Crippen molar-refractivity contribution >= 4 is 11.6 Å². The topological polar surface area (TPSA) is 0 Å². The number of halogens is 1. The molecule has 0 N–H and O–H groups in total. The van der Waals surface area contributed by atoms with Gasteiger partial charge in [0.05, 0.1) is 5.38 Å². The first kappa shape index (κ1) is 12.0. The van der Waals surface area contributed by atoms with Crippen LogP contribution in [0.15, 0.2) is 12.1 Å². The SMILES string of the molecule is CCc1ccc(CC)c2c1C(C)CCC2Cl. The van der Waals surface area contributed by atoms with Crippen LogP contribution < -0.4 is 0 Å². The number of rotatable bonds is 2. The number of alkyl halides is 1. The van der Waals surface area contributed by atoms with Gasteiger partial charge in [0.1, 0.15) is 0 Å². The maximum absolute atomic E-state index is 6.53. The quantitative estimate of drug-likeness (QED) is 0.635.